The molecule has 1 N–H and O–H groups in total. The molecule has 2 aliphatic heterocycles. The Balaban J connectivity index is 1.69. The van der Waals surface area contributed by atoms with Gasteiger partial charge in [0.2, 0.25) is 0 Å². The minimum atomic E-state index is -0.685. The second kappa shape index (κ2) is 6.35. The van der Waals surface area contributed by atoms with Gasteiger partial charge in [-0.1, -0.05) is 6.58 Å². The molecule has 144 valence electrons. The minimum Gasteiger partial charge on any atom is -0.472 e. The van der Waals surface area contributed by atoms with E-state index in [1.54, 1.807) is 13.0 Å². The molecule has 0 aromatic carbocycles. The van der Waals surface area contributed by atoms with Crippen molar-refractivity contribution < 1.29 is 33.3 Å². The summed E-state index contributed by atoms with van der Waals surface area (Å²) in [5, 5.41) is 10.4. The third-order valence-electron chi connectivity index (χ3n) is 5.71. The Kier molecular flexibility index (Phi) is 4.24. The number of fused-ring (bicyclic) bond motifs is 2. The van der Waals surface area contributed by atoms with Crippen molar-refractivity contribution in [2.45, 2.75) is 56.7 Å². The zero-order valence-corrected chi connectivity index (χ0v) is 15.2. The molecule has 7 heteroatoms. The molecule has 0 saturated carbocycles. The van der Waals surface area contributed by atoms with Gasteiger partial charge in [0.1, 0.15) is 18.5 Å². The van der Waals surface area contributed by atoms with E-state index < -0.39 is 41.8 Å². The highest BCUT2D eigenvalue weighted by molar-refractivity contribution is 5.92. The fourth-order valence-corrected chi connectivity index (χ4v) is 3.93. The molecular formula is C20H22O7. The van der Waals surface area contributed by atoms with Gasteiger partial charge in [0.25, 0.3) is 0 Å². The number of aliphatic hydroxyl groups is 1. The SMILES string of the molecule is C=C1C(=O)OC2C=C(C)C(O)CC3OC3(C)CC(OC(=O)c3ccoc3)C12. The highest BCUT2D eigenvalue weighted by Crippen LogP contribution is 2.48. The van der Waals surface area contributed by atoms with Crippen molar-refractivity contribution >= 4 is 11.9 Å². The second-order valence-corrected chi connectivity index (χ2v) is 7.66. The van der Waals surface area contributed by atoms with Crippen LogP contribution in [0.4, 0.5) is 0 Å². The number of carbonyl (C=O) groups excluding carboxylic acids is 2. The van der Waals surface area contributed by atoms with Gasteiger partial charge in [-0.05, 0) is 31.6 Å². The second-order valence-electron chi connectivity index (χ2n) is 7.66. The highest BCUT2D eigenvalue weighted by Gasteiger charge is 2.57. The Morgan fingerprint density at radius 2 is 2.22 bits per heavy atom. The quantitative estimate of drug-likeness (QED) is 0.367. The summed E-state index contributed by atoms with van der Waals surface area (Å²) in [6.45, 7) is 7.55. The molecule has 2 saturated heterocycles. The average Bonchev–Trinajstić information content (AvgIpc) is 2.97. The fourth-order valence-electron chi connectivity index (χ4n) is 3.93. The van der Waals surface area contributed by atoms with Gasteiger partial charge >= 0.3 is 11.9 Å². The molecular weight excluding hydrogens is 352 g/mol. The van der Waals surface area contributed by atoms with E-state index in [-0.39, 0.29) is 11.7 Å². The molecule has 3 heterocycles. The van der Waals surface area contributed by atoms with Crippen LogP contribution in [0.2, 0.25) is 0 Å². The summed E-state index contributed by atoms with van der Waals surface area (Å²) in [5.41, 5.74) is 0.688. The first-order valence-corrected chi connectivity index (χ1v) is 8.95. The Morgan fingerprint density at radius 1 is 1.44 bits per heavy atom. The van der Waals surface area contributed by atoms with Crippen LogP contribution in [0.5, 0.6) is 0 Å². The predicted octanol–water partition coefficient (Wildman–Crippen LogP) is 2.16. The van der Waals surface area contributed by atoms with Gasteiger partial charge in [0, 0.05) is 18.4 Å². The number of esters is 2. The van der Waals surface area contributed by atoms with Crippen molar-refractivity contribution in [1.29, 1.82) is 0 Å². The lowest BCUT2D eigenvalue weighted by atomic mass is 9.82. The molecule has 7 nitrogen and oxygen atoms in total. The number of furan rings is 1. The van der Waals surface area contributed by atoms with Crippen LogP contribution in [-0.2, 0) is 19.0 Å². The van der Waals surface area contributed by atoms with Crippen molar-refractivity contribution in [2.75, 3.05) is 0 Å². The van der Waals surface area contributed by atoms with E-state index in [0.29, 0.717) is 24.0 Å². The van der Waals surface area contributed by atoms with Crippen LogP contribution in [-0.4, -0.2) is 47.1 Å². The Hall–Kier alpha value is -2.38. The summed E-state index contributed by atoms with van der Waals surface area (Å²) in [7, 11) is 0. The first kappa shape index (κ1) is 18.0. The number of hydrogen-bond donors (Lipinski definition) is 1. The first-order valence-electron chi connectivity index (χ1n) is 8.95. The molecule has 6 atom stereocenters. The van der Waals surface area contributed by atoms with E-state index in [4.69, 9.17) is 18.6 Å². The molecule has 2 fully saturated rings. The third kappa shape index (κ3) is 3.21. The van der Waals surface area contributed by atoms with Gasteiger partial charge in [-0.25, -0.2) is 9.59 Å². The minimum absolute atomic E-state index is 0.145. The number of aliphatic hydroxyl groups excluding tert-OH is 1. The normalized spacial score (nSPS) is 38.3. The van der Waals surface area contributed by atoms with Crippen LogP contribution in [0.25, 0.3) is 0 Å². The van der Waals surface area contributed by atoms with Crippen molar-refractivity contribution in [3.05, 3.63) is 48.0 Å². The number of epoxide rings is 1. The number of hydrogen-bond acceptors (Lipinski definition) is 7. The van der Waals surface area contributed by atoms with Gasteiger partial charge in [-0.15, -0.1) is 0 Å². The zero-order valence-electron chi connectivity index (χ0n) is 15.2. The molecule has 6 unspecified atom stereocenters. The van der Waals surface area contributed by atoms with Gasteiger partial charge in [-0.3, -0.25) is 0 Å². The topological polar surface area (TPSA) is 98.5 Å². The molecule has 1 aromatic rings. The maximum Gasteiger partial charge on any atom is 0.341 e. The molecule has 27 heavy (non-hydrogen) atoms. The van der Waals surface area contributed by atoms with Gasteiger partial charge in [-0.2, -0.15) is 0 Å². The standard InChI is InChI=1S/C20H22O7/c1-10-6-14-17(11(2)18(22)25-14)15(26-19(23)12-4-5-24-9-12)8-20(3)16(27-20)7-13(10)21/h4-6,9,13-17,21H,2,7-8H2,1,3H3. The summed E-state index contributed by atoms with van der Waals surface area (Å²) in [5.74, 6) is -1.61. The van der Waals surface area contributed by atoms with Gasteiger partial charge < -0.3 is 23.7 Å². The Morgan fingerprint density at radius 3 is 2.93 bits per heavy atom. The number of ether oxygens (including phenoxy) is 3. The molecule has 0 bridgehead atoms. The Labute approximate surface area is 156 Å². The summed E-state index contributed by atoms with van der Waals surface area (Å²) < 4.78 is 22.0. The van der Waals surface area contributed by atoms with E-state index >= 15 is 0 Å². The summed E-state index contributed by atoms with van der Waals surface area (Å²) in [6.07, 6.45) is 3.09. The summed E-state index contributed by atoms with van der Waals surface area (Å²) >= 11 is 0. The van der Waals surface area contributed by atoms with E-state index in [1.165, 1.54) is 18.6 Å². The van der Waals surface area contributed by atoms with E-state index in [0.717, 1.165) is 0 Å². The highest BCUT2D eigenvalue weighted by atomic mass is 16.6. The van der Waals surface area contributed by atoms with Crippen molar-refractivity contribution in [2.24, 2.45) is 5.92 Å². The molecule has 1 aromatic heterocycles. The summed E-state index contributed by atoms with van der Waals surface area (Å²) in [4.78, 5) is 24.7. The first-order chi connectivity index (χ1) is 12.8. The van der Waals surface area contributed by atoms with Crippen LogP contribution >= 0.6 is 0 Å². The van der Waals surface area contributed by atoms with Gasteiger partial charge in [0.05, 0.1) is 35.6 Å². The smallest absolute Gasteiger partial charge is 0.341 e. The van der Waals surface area contributed by atoms with Crippen LogP contribution < -0.4 is 0 Å². The van der Waals surface area contributed by atoms with Crippen molar-refractivity contribution in [3.8, 4) is 0 Å². The van der Waals surface area contributed by atoms with Crippen molar-refractivity contribution in [1.82, 2.24) is 0 Å². The number of rotatable bonds is 2. The monoisotopic (exact) mass is 374 g/mol. The van der Waals surface area contributed by atoms with E-state index in [2.05, 4.69) is 6.58 Å². The lowest BCUT2D eigenvalue weighted by Crippen LogP contribution is -2.37. The van der Waals surface area contributed by atoms with Crippen LogP contribution in [0.3, 0.4) is 0 Å². The average molecular weight is 374 g/mol. The molecule has 1 aliphatic carbocycles. The Bertz CT molecular complexity index is 808. The molecule has 0 spiro atoms. The molecule has 4 rings (SSSR count). The van der Waals surface area contributed by atoms with Crippen LogP contribution in [0.1, 0.15) is 37.0 Å². The maximum absolute atomic E-state index is 12.5. The lowest BCUT2D eigenvalue weighted by Gasteiger charge is -2.28. The number of carbonyl (C=O) groups is 2. The lowest BCUT2D eigenvalue weighted by molar-refractivity contribution is -0.137. The maximum atomic E-state index is 12.5. The fraction of sp³-hybridized carbons (Fsp3) is 0.500. The van der Waals surface area contributed by atoms with E-state index in [9.17, 15) is 14.7 Å². The predicted molar refractivity (Wildman–Crippen MR) is 92.7 cm³/mol. The largest absolute Gasteiger partial charge is 0.472 e. The third-order valence-corrected chi connectivity index (χ3v) is 5.71. The van der Waals surface area contributed by atoms with Crippen LogP contribution in [0.15, 0.2) is 46.8 Å². The van der Waals surface area contributed by atoms with Crippen molar-refractivity contribution in [3.63, 3.8) is 0 Å². The van der Waals surface area contributed by atoms with Gasteiger partial charge in [0.15, 0.2) is 0 Å². The molecule has 3 aliphatic rings. The summed E-state index contributed by atoms with van der Waals surface area (Å²) in [6, 6.07) is 1.52. The van der Waals surface area contributed by atoms with Crippen LogP contribution in [0, 0.1) is 5.92 Å². The zero-order chi connectivity index (χ0) is 19.3. The van der Waals surface area contributed by atoms with E-state index in [1.807, 2.05) is 6.92 Å². The molecule has 0 amide bonds. The molecule has 0 radical (unpaired) electrons.